The van der Waals surface area contributed by atoms with E-state index in [4.69, 9.17) is 9.15 Å². The van der Waals surface area contributed by atoms with Gasteiger partial charge in [-0.1, -0.05) is 12.1 Å². The molecule has 0 radical (unpaired) electrons. The number of nitrogens with one attached hydrogen (secondary N) is 1. The van der Waals surface area contributed by atoms with Crippen LogP contribution in [0.2, 0.25) is 0 Å². The van der Waals surface area contributed by atoms with Crippen LogP contribution >= 0.6 is 0 Å². The molecule has 2 aromatic rings. The second-order valence-electron chi connectivity index (χ2n) is 5.55. The van der Waals surface area contributed by atoms with Gasteiger partial charge in [-0.3, -0.25) is 4.79 Å². The molecule has 7 nitrogen and oxygen atoms in total. The normalized spacial score (nSPS) is 11.5. The molecule has 0 saturated heterocycles. The third kappa shape index (κ3) is 6.24. The average molecular weight is 366 g/mol. The van der Waals surface area contributed by atoms with Crippen molar-refractivity contribution in [3.63, 3.8) is 0 Å². The maximum Gasteiger partial charge on any atom is 0.221 e. The van der Waals surface area contributed by atoms with Crippen LogP contribution in [0, 0.1) is 0 Å². The lowest BCUT2D eigenvalue weighted by molar-refractivity contribution is -0.121. The van der Waals surface area contributed by atoms with E-state index in [1.807, 2.05) is 24.3 Å². The van der Waals surface area contributed by atoms with E-state index in [0.717, 1.165) is 17.6 Å². The number of amides is 1. The van der Waals surface area contributed by atoms with E-state index in [9.17, 15) is 13.2 Å². The Morgan fingerprint density at radius 1 is 1.24 bits per heavy atom. The van der Waals surface area contributed by atoms with Crippen LogP contribution < -0.4 is 10.1 Å². The lowest BCUT2D eigenvalue weighted by atomic mass is 10.2. The van der Waals surface area contributed by atoms with Crippen molar-refractivity contribution in [2.45, 2.75) is 19.5 Å². The molecule has 0 unspecified atom stereocenters. The van der Waals surface area contributed by atoms with E-state index in [-0.39, 0.29) is 25.4 Å². The minimum Gasteiger partial charge on any atom is -0.497 e. The first-order valence-corrected chi connectivity index (χ1v) is 9.60. The van der Waals surface area contributed by atoms with E-state index in [0.29, 0.717) is 12.3 Å². The SMILES string of the molecule is COc1ccc(CNC(=O)CCN(Cc2ccco2)S(C)(=O)=O)cc1. The molecule has 1 aromatic heterocycles. The van der Waals surface area contributed by atoms with Crippen LogP contribution in [0.4, 0.5) is 0 Å². The van der Waals surface area contributed by atoms with Gasteiger partial charge in [0.15, 0.2) is 0 Å². The van der Waals surface area contributed by atoms with E-state index in [1.165, 1.54) is 10.6 Å². The van der Waals surface area contributed by atoms with Crippen LogP contribution in [0.15, 0.2) is 47.1 Å². The Labute approximate surface area is 147 Å². The van der Waals surface area contributed by atoms with E-state index in [1.54, 1.807) is 19.2 Å². The number of nitrogens with zero attached hydrogens (tertiary/aromatic N) is 1. The average Bonchev–Trinajstić information content (AvgIpc) is 3.09. The molecule has 0 fully saturated rings. The number of methoxy groups -OCH3 is 1. The number of hydrogen-bond acceptors (Lipinski definition) is 5. The van der Waals surface area contributed by atoms with Gasteiger partial charge in [-0.2, -0.15) is 4.31 Å². The summed E-state index contributed by atoms with van der Waals surface area (Å²) in [5.74, 6) is 1.06. The highest BCUT2D eigenvalue weighted by atomic mass is 32.2. The zero-order chi connectivity index (χ0) is 18.3. The summed E-state index contributed by atoms with van der Waals surface area (Å²) >= 11 is 0. The van der Waals surface area contributed by atoms with Crippen LogP contribution in [0.25, 0.3) is 0 Å². The Bertz CT molecular complexity index is 770. The van der Waals surface area contributed by atoms with Gasteiger partial charge in [-0.05, 0) is 29.8 Å². The Morgan fingerprint density at radius 2 is 1.96 bits per heavy atom. The molecule has 2 rings (SSSR count). The van der Waals surface area contributed by atoms with Gasteiger partial charge in [-0.25, -0.2) is 8.42 Å². The summed E-state index contributed by atoms with van der Waals surface area (Å²) in [6.45, 7) is 0.575. The molecular formula is C17H22N2O5S. The molecule has 1 aromatic carbocycles. The van der Waals surface area contributed by atoms with Gasteiger partial charge in [0.2, 0.25) is 15.9 Å². The third-order valence-electron chi connectivity index (χ3n) is 3.62. The van der Waals surface area contributed by atoms with Crippen LogP contribution in [0.1, 0.15) is 17.7 Å². The minimum absolute atomic E-state index is 0.0733. The number of furan rings is 1. The molecule has 0 aliphatic rings. The first-order chi connectivity index (χ1) is 11.9. The number of hydrogen-bond donors (Lipinski definition) is 1. The predicted octanol–water partition coefficient (Wildman–Crippen LogP) is 1.76. The highest BCUT2D eigenvalue weighted by Crippen LogP contribution is 2.12. The highest BCUT2D eigenvalue weighted by molar-refractivity contribution is 7.88. The van der Waals surface area contributed by atoms with Gasteiger partial charge in [0.05, 0.1) is 26.2 Å². The van der Waals surface area contributed by atoms with Crippen molar-refractivity contribution in [2.24, 2.45) is 0 Å². The Balaban J connectivity index is 1.83. The molecule has 0 aliphatic heterocycles. The Hall–Kier alpha value is -2.32. The summed E-state index contributed by atoms with van der Waals surface area (Å²) in [4.78, 5) is 12.0. The molecule has 0 aliphatic carbocycles. The lowest BCUT2D eigenvalue weighted by Gasteiger charge is -2.18. The van der Waals surface area contributed by atoms with E-state index < -0.39 is 10.0 Å². The van der Waals surface area contributed by atoms with Crippen LogP contribution in [0.5, 0.6) is 5.75 Å². The fraction of sp³-hybridized carbons (Fsp3) is 0.353. The lowest BCUT2D eigenvalue weighted by Crippen LogP contribution is -2.34. The van der Waals surface area contributed by atoms with Gasteiger partial charge < -0.3 is 14.5 Å². The summed E-state index contributed by atoms with van der Waals surface area (Å²) in [7, 11) is -1.84. The maximum absolute atomic E-state index is 12.0. The maximum atomic E-state index is 12.0. The van der Waals surface area contributed by atoms with E-state index >= 15 is 0 Å². The van der Waals surface area contributed by atoms with Crippen molar-refractivity contribution in [1.82, 2.24) is 9.62 Å². The number of carbonyl (C=O) groups is 1. The number of ether oxygens (including phenoxy) is 1. The second-order valence-corrected chi connectivity index (χ2v) is 7.53. The highest BCUT2D eigenvalue weighted by Gasteiger charge is 2.19. The van der Waals surface area contributed by atoms with Crippen LogP contribution in [-0.4, -0.2) is 38.5 Å². The van der Waals surface area contributed by atoms with Crippen LogP contribution in [-0.2, 0) is 27.9 Å². The predicted molar refractivity (Wildman–Crippen MR) is 93.4 cm³/mol. The number of carbonyl (C=O) groups excluding carboxylic acids is 1. The molecule has 0 saturated carbocycles. The van der Waals surface area contributed by atoms with Crippen molar-refractivity contribution in [3.8, 4) is 5.75 Å². The molecule has 1 heterocycles. The van der Waals surface area contributed by atoms with Crippen molar-refractivity contribution in [1.29, 1.82) is 0 Å². The summed E-state index contributed by atoms with van der Waals surface area (Å²) in [6.07, 6.45) is 2.67. The van der Waals surface area contributed by atoms with Crippen molar-refractivity contribution in [3.05, 3.63) is 54.0 Å². The van der Waals surface area contributed by atoms with Gasteiger partial charge >= 0.3 is 0 Å². The summed E-state index contributed by atoms with van der Waals surface area (Å²) in [6, 6.07) is 10.7. The quantitative estimate of drug-likeness (QED) is 0.730. The fourth-order valence-electron chi connectivity index (χ4n) is 2.20. The number of sulfonamides is 1. The van der Waals surface area contributed by atoms with Crippen molar-refractivity contribution < 1.29 is 22.4 Å². The molecule has 25 heavy (non-hydrogen) atoms. The largest absolute Gasteiger partial charge is 0.497 e. The third-order valence-corrected chi connectivity index (χ3v) is 4.87. The smallest absolute Gasteiger partial charge is 0.221 e. The molecule has 1 amide bonds. The standard InChI is InChI=1S/C17H22N2O5S/c1-23-15-7-5-14(6-8-15)12-18-17(20)9-10-19(25(2,21)22)13-16-4-3-11-24-16/h3-8,11H,9-10,12-13H2,1-2H3,(H,18,20). The molecule has 136 valence electrons. The number of benzene rings is 1. The first-order valence-electron chi connectivity index (χ1n) is 7.75. The van der Waals surface area contributed by atoms with Gasteiger partial charge in [0.25, 0.3) is 0 Å². The van der Waals surface area contributed by atoms with E-state index in [2.05, 4.69) is 5.32 Å². The van der Waals surface area contributed by atoms with Crippen LogP contribution in [0.3, 0.4) is 0 Å². The van der Waals surface area contributed by atoms with Gasteiger partial charge in [-0.15, -0.1) is 0 Å². The van der Waals surface area contributed by atoms with Crippen molar-refractivity contribution >= 4 is 15.9 Å². The molecular weight excluding hydrogens is 344 g/mol. The minimum atomic E-state index is -3.43. The fourth-order valence-corrected chi connectivity index (χ4v) is 2.98. The molecule has 0 bridgehead atoms. The first kappa shape index (κ1) is 19.0. The molecule has 1 N–H and O–H groups in total. The zero-order valence-corrected chi connectivity index (χ0v) is 15.1. The Kier molecular flexibility index (Phi) is 6.60. The van der Waals surface area contributed by atoms with Gasteiger partial charge in [0, 0.05) is 19.5 Å². The second kappa shape index (κ2) is 8.68. The van der Waals surface area contributed by atoms with Gasteiger partial charge in [0.1, 0.15) is 11.5 Å². The topological polar surface area (TPSA) is 88.8 Å². The monoisotopic (exact) mass is 366 g/mol. The number of rotatable bonds is 9. The molecule has 8 heteroatoms. The zero-order valence-electron chi connectivity index (χ0n) is 14.3. The summed E-state index contributed by atoms with van der Waals surface area (Å²) in [5.41, 5.74) is 0.935. The summed E-state index contributed by atoms with van der Waals surface area (Å²) < 4.78 is 35.2. The summed E-state index contributed by atoms with van der Waals surface area (Å²) in [5, 5.41) is 2.78. The molecule has 0 atom stereocenters. The molecule has 0 spiro atoms. The van der Waals surface area contributed by atoms with Crippen molar-refractivity contribution in [2.75, 3.05) is 19.9 Å². The Morgan fingerprint density at radius 3 is 2.52 bits per heavy atom.